The summed E-state index contributed by atoms with van der Waals surface area (Å²) >= 11 is 0. The number of nitrogens with one attached hydrogen (secondary N) is 1. The molecule has 1 aliphatic rings. The monoisotopic (exact) mass is 435 g/mol. The summed E-state index contributed by atoms with van der Waals surface area (Å²) in [5, 5.41) is 3.16. The zero-order valence-electron chi connectivity index (χ0n) is 17.1. The fourth-order valence-electron chi connectivity index (χ4n) is 3.62. The van der Waals surface area contributed by atoms with Gasteiger partial charge in [-0.1, -0.05) is 60.7 Å². The number of benzene rings is 3. The fourth-order valence-corrected chi connectivity index (χ4v) is 5.06. The molecule has 0 aliphatic carbocycles. The van der Waals surface area contributed by atoms with Crippen LogP contribution in [0.15, 0.2) is 89.8 Å². The van der Waals surface area contributed by atoms with Gasteiger partial charge in [-0.2, -0.15) is 4.31 Å². The van der Waals surface area contributed by atoms with E-state index in [1.807, 2.05) is 42.5 Å². The quantitative estimate of drug-likeness (QED) is 0.645. The summed E-state index contributed by atoms with van der Waals surface area (Å²) in [6, 6.07) is 26.5. The van der Waals surface area contributed by atoms with E-state index in [4.69, 9.17) is 0 Å². The lowest BCUT2D eigenvalue weighted by Gasteiger charge is -2.34. The number of hydrogen-bond acceptors (Lipinski definition) is 4. The van der Waals surface area contributed by atoms with Crippen LogP contribution >= 0.6 is 0 Å². The number of sulfonamides is 1. The number of amides is 1. The van der Waals surface area contributed by atoms with Crippen molar-refractivity contribution in [3.05, 3.63) is 84.9 Å². The number of carbonyl (C=O) groups excluding carboxylic acids is 1. The molecule has 3 aromatic rings. The first kappa shape index (κ1) is 21.1. The average molecular weight is 436 g/mol. The Morgan fingerprint density at radius 1 is 0.742 bits per heavy atom. The van der Waals surface area contributed by atoms with E-state index in [1.165, 1.54) is 4.31 Å². The summed E-state index contributed by atoms with van der Waals surface area (Å²) < 4.78 is 26.9. The second-order valence-corrected chi connectivity index (χ2v) is 9.33. The second kappa shape index (κ2) is 9.32. The number of piperazine rings is 1. The van der Waals surface area contributed by atoms with E-state index in [1.54, 1.807) is 35.2 Å². The Hall–Kier alpha value is -3.16. The first-order valence-electron chi connectivity index (χ1n) is 10.3. The van der Waals surface area contributed by atoms with E-state index in [0.717, 1.165) is 16.8 Å². The third-order valence-corrected chi connectivity index (χ3v) is 7.32. The van der Waals surface area contributed by atoms with Gasteiger partial charge in [0.15, 0.2) is 0 Å². The maximum absolute atomic E-state index is 12.7. The molecule has 0 saturated carbocycles. The molecule has 31 heavy (non-hydrogen) atoms. The van der Waals surface area contributed by atoms with E-state index >= 15 is 0 Å². The first-order valence-corrected chi connectivity index (χ1v) is 11.7. The van der Waals surface area contributed by atoms with Gasteiger partial charge in [0, 0.05) is 31.9 Å². The minimum atomic E-state index is -3.51. The van der Waals surface area contributed by atoms with Gasteiger partial charge in [-0.25, -0.2) is 8.42 Å². The molecule has 0 radical (unpaired) electrons. The van der Waals surface area contributed by atoms with Crippen LogP contribution in [-0.4, -0.2) is 56.3 Å². The molecule has 3 aromatic carbocycles. The summed E-state index contributed by atoms with van der Waals surface area (Å²) in [6.07, 6.45) is 0. The molecule has 0 bridgehead atoms. The average Bonchev–Trinajstić information content (AvgIpc) is 2.84. The first-order chi connectivity index (χ1) is 15.0. The molecule has 160 valence electrons. The predicted octanol–water partition coefficient (Wildman–Crippen LogP) is 3.30. The zero-order chi connectivity index (χ0) is 21.7. The molecule has 4 rings (SSSR count). The van der Waals surface area contributed by atoms with Crippen molar-refractivity contribution in [1.29, 1.82) is 0 Å². The van der Waals surface area contributed by atoms with Crippen molar-refractivity contribution in [2.75, 3.05) is 38.0 Å². The van der Waals surface area contributed by atoms with Gasteiger partial charge in [0.25, 0.3) is 0 Å². The van der Waals surface area contributed by atoms with Gasteiger partial charge in [-0.3, -0.25) is 4.79 Å². The Labute approximate surface area is 183 Å². The van der Waals surface area contributed by atoms with Gasteiger partial charge in [-0.05, 0) is 35.4 Å². The fraction of sp³-hybridized carbons (Fsp3) is 0.208. The van der Waals surface area contributed by atoms with Gasteiger partial charge in [0.2, 0.25) is 15.9 Å². The molecule has 1 heterocycles. The smallest absolute Gasteiger partial charge is 0.243 e. The van der Waals surface area contributed by atoms with Crippen LogP contribution in [0.1, 0.15) is 0 Å². The molecule has 0 atom stereocenters. The highest BCUT2D eigenvalue weighted by Gasteiger charge is 2.29. The van der Waals surface area contributed by atoms with Crippen LogP contribution in [0.5, 0.6) is 0 Å². The van der Waals surface area contributed by atoms with E-state index in [9.17, 15) is 13.2 Å². The molecule has 1 fully saturated rings. The van der Waals surface area contributed by atoms with Crippen LogP contribution in [0.25, 0.3) is 11.1 Å². The van der Waals surface area contributed by atoms with Crippen LogP contribution in [0.2, 0.25) is 0 Å². The van der Waals surface area contributed by atoms with Crippen molar-refractivity contribution in [3.63, 3.8) is 0 Å². The zero-order valence-corrected chi connectivity index (χ0v) is 18.0. The summed E-state index contributed by atoms with van der Waals surface area (Å²) in [4.78, 5) is 14.6. The number of nitrogens with zero attached hydrogens (tertiary/aromatic N) is 2. The lowest BCUT2D eigenvalue weighted by molar-refractivity contribution is -0.130. The second-order valence-electron chi connectivity index (χ2n) is 7.39. The largest absolute Gasteiger partial charge is 0.376 e. The van der Waals surface area contributed by atoms with Crippen molar-refractivity contribution in [2.24, 2.45) is 0 Å². The minimum Gasteiger partial charge on any atom is -0.376 e. The van der Waals surface area contributed by atoms with Crippen LogP contribution in [0.4, 0.5) is 5.69 Å². The molecule has 1 N–H and O–H groups in total. The topological polar surface area (TPSA) is 69.7 Å². The SMILES string of the molecule is O=C(CNc1ccc(-c2ccccc2)cc1)N1CCN(S(=O)(=O)c2ccccc2)CC1. The van der Waals surface area contributed by atoms with Crippen LogP contribution in [0.3, 0.4) is 0 Å². The van der Waals surface area contributed by atoms with Gasteiger partial charge in [-0.15, -0.1) is 0 Å². The molecule has 1 aliphatic heterocycles. The molecule has 1 saturated heterocycles. The molecule has 7 heteroatoms. The van der Waals surface area contributed by atoms with Gasteiger partial charge >= 0.3 is 0 Å². The molecule has 0 aromatic heterocycles. The van der Waals surface area contributed by atoms with Crippen LogP contribution in [0, 0.1) is 0 Å². The van der Waals surface area contributed by atoms with Gasteiger partial charge < -0.3 is 10.2 Å². The number of carbonyl (C=O) groups is 1. The Morgan fingerprint density at radius 2 is 1.29 bits per heavy atom. The van der Waals surface area contributed by atoms with Crippen molar-refractivity contribution in [2.45, 2.75) is 4.90 Å². The van der Waals surface area contributed by atoms with Crippen molar-refractivity contribution in [3.8, 4) is 11.1 Å². The van der Waals surface area contributed by atoms with Crippen molar-refractivity contribution in [1.82, 2.24) is 9.21 Å². The number of anilines is 1. The third-order valence-electron chi connectivity index (χ3n) is 5.41. The summed E-state index contributed by atoms with van der Waals surface area (Å²) in [6.45, 7) is 1.55. The van der Waals surface area contributed by atoms with Gasteiger partial charge in [0.05, 0.1) is 11.4 Å². The maximum Gasteiger partial charge on any atom is 0.243 e. The standard InChI is InChI=1S/C24H25N3O3S/c28-24(19-25-22-13-11-21(12-14-22)20-7-3-1-4-8-20)26-15-17-27(18-16-26)31(29,30)23-9-5-2-6-10-23/h1-14,25H,15-19H2. The van der Waals surface area contributed by atoms with Crippen molar-refractivity contribution >= 4 is 21.6 Å². The molecular weight excluding hydrogens is 410 g/mol. The lowest BCUT2D eigenvalue weighted by atomic mass is 10.1. The summed E-state index contributed by atoms with van der Waals surface area (Å²) in [5.74, 6) is -0.0381. The summed E-state index contributed by atoms with van der Waals surface area (Å²) in [5.41, 5.74) is 3.14. The number of hydrogen-bond donors (Lipinski definition) is 1. The highest BCUT2D eigenvalue weighted by molar-refractivity contribution is 7.89. The molecule has 1 amide bonds. The molecule has 0 unspecified atom stereocenters. The van der Waals surface area contributed by atoms with E-state index in [2.05, 4.69) is 17.4 Å². The highest BCUT2D eigenvalue weighted by atomic mass is 32.2. The van der Waals surface area contributed by atoms with Crippen LogP contribution in [-0.2, 0) is 14.8 Å². The lowest BCUT2D eigenvalue weighted by Crippen LogP contribution is -2.51. The molecule has 6 nitrogen and oxygen atoms in total. The van der Waals surface area contributed by atoms with E-state index in [0.29, 0.717) is 26.2 Å². The Morgan fingerprint density at radius 3 is 1.90 bits per heavy atom. The highest BCUT2D eigenvalue weighted by Crippen LogP contribution is 2.21. The van der Waals surface area contributed by atoms with Crippen LogP contribution < -0.4 is 5.32 Å². The molecular formula is C24H25N3O3S. The van der Waals surface area contributed by atoms with Crippen molar-refractivity contribution < 1.29 is 13.2 Å². The normalized spacial score (nSPS) is 14.9. The third kappa shape index (κ3) is 4.95. The maximum atomic E-state index is 12.7. The summed E-state index contributed by atoms with van der Waals surface area (Å²) in [7, 11) is -3.51. The Kier molecular flexibility index (Phi) is 6.34. The minimum absolute atomic E-state index is 0.0381. The van der Waals surface area contributed by atoms with E-state index < -0.39 is 10.0 Å². The number of rotatable bonds is 6. The van der Waals surface area contributed by atoms with Gasteiger partial charge in [0.1, 0.15) is 0 Å². The van der Waals surface area contributed by atoms with E-state index in [-0.39, 0.29) is 17.3 Å². The Balaban J connectivity index is 1.29. The molecule has 0 spiro atoms. The predicted molar refractivity (Wildman–Crippen MR) is 122 cm³/mol. The Bertz CT molecular complexity index is 1110.